The summed E-state index contributed by atoms with van der Waals surface area (Å²) in [6.45, 7) is 6.77. The lowest BCUT2D eigenvalue weighted by atomic mass is 10.0. The van der Waals surface area contributed by atoms with Gasteiger partial charge in [-0.15, -0.1) is 0 Å². The van der Waals surface area contributed by atoms with Crippen molar-refractivity contribution in [1.29, 1.82) is 0 Å². The quantitative estimate of drug-likeness (QED) is 0.629. The second-order valence-corrected chi connectivity index (χ2v) is 8.03. The summed E-state index contributed by atoms with van der Waals surface area (Å²) in [5.74, 6) is 0.405. The van der Waals surface area contributed by atoms with E-state index in [4.69, 9.17) is 4.74 Å². The second kappa shape index (κ2) is 9.76. The van der Waals surface area contributed by atoms with Gasteiger partial charge in [0, 0.05) is 25.3 Å². The Morgan fingerprint density at radius 1 is 1.12 bits per heavy atom. The van der Waals surface area contributed by atoms with Gasteiger partial charge in [-0.2, -0.15) is 0 Å². The molecule has 0 bridgehead atoms. The van der Waals surface area contributed by atoms with Crippen LogP contribution >= 0.6 is 0 Å². The maximum absolute atomic E-state index is 12.2. The molecule has 1 aromatic rings. The lowest BCUT2D eigenvalue weighted by Gasteiger charge is -2.15. The molecule has 1 atom stereocenters. The predicted octanol–water partition coefficient (Wildman–Crippen LogP) is 2.17. The third kappa shape index (κ3) is 6.98. The summed E-state index contributed by atoms with van der Waals surface area (Å²) in [6, 6.07) is 6.00. The highest BCUT2D eigenvalue weighted by Gasteiger charge is 2.15. The van der Waals surface area contributed by atoms with Gasteiger partial charge < -0.3 is 10.1 Å². The summed E-state index contributed by atoms with van der Waals surface area (Å²) in [5, 5.41) is 2.93. The van der Waals surface area contributed by atoms with Crippen LogP contribution in [0.15, 0.2) is 29.2 Å². The number of benzene rings is 1. The van der Waals surface area contributed by atoms with Gasteiger partial charge in [0.1, 0.15) is 0 Å². The summed E-state index contributed by atoms with van der Waals surface area (Å²) < 4.78 is 31.3. The second-order valence-electron chi connectivity index (χ2n) is 6.26. The van der Waals surface area contributed by atoms with Crippen LogP contribution < -0.4 is 10.0 Å². The zero-order valence-corrected chi connectivity index (χ0v) is 15.7. The maximum Gasteiger partial charge on any atom is 0.251 e. The molecule has 136 valence electrons. The van der Waals surface area contributed by atoms with Crippen LogP contribution in [0.3, 0.4) is 0 Å². The van der Waals surface area contributed by atoms with Crippen LogP contribution in [0, 0.1) is 5.92 Å². The highest BCUT2D eigenvalue weighted by molar-refractivity contribution is 7.89. The zero-order valence-electron chi connectivity index (χ0n) is 14.8. The van der Waals surface area contributed by atoms with Crippen molar-refractivity contribution in [2.75, 3.05) is 20.3 Å². The summed E-state index contributed by atoms with van der Waals surface area (Å²) in [6.07, 6.45) is 1.96. The number of nitrogens with one attached hydrogen (secondary N) is 2. The number of rotatable bonds is 10. The maximum atomic E-state index is 12.2. The van der Waals surface area contributed by atoms with Crippen LogP contribution in [-0.2, 0) is 14.8 Å². The largest absolute Gasteiger partial charge is 0.383 e. The molecule has 1 amide bonds. The van der Waals surface area contributed by atoms with E-state index in [0.717, 1.165) is 12.8 Å². The lowest BCUT2D eigenvalue weighted by Crippen LogP contribution is -2.32. The SMILES string of the molecule is COCCNS(=O)(=O)c1ccc(C(=O)NC(C)CCC(C)C)cc1. The topological polar surface area (TPSA) is 84.5 Å². The third-order valence-corrected chi connectivity index (χ3v) is 5.06. The highest BCUT2D eigenvalue weighted by atomic mass is 32.2. The Kier molecular flexibility index (Phi) is 8.38. The Hall–Kier alpha value is -1.44. The molecule has 0 radical (unpaired) electrons. The minimum atomic E-state index is -3.58. The van der Waals surface area contributed by atoms with Crippen molar-refractivity contribution in [2.24, 2.45) is 5.92 Å². The Morgan fingerprint density at radius 2 is 1.75 bits per heavy atom. The van der Waals surface area contributed by atoms with E-state index >= 15 is 0 Å². The molecule has 0 saturated heterocycles. The molecule has 0 aliphatic heterocycles. The fraction of sp³-hybridized carbons (Fsp3) is 0.588. The Morgan fingerprint density at radius 3 is 2.29 bits per heavy atom. The fourth-order valence-corrected chi connectivity index (χ4v) is 3.12. The normalized spacial score (nSPS) is 13.0. The van der Waals surface area contributed by atoms with Crippen LogP contribution in [0.5, 0.6) is 0 Å². The smallest absolute Gasteiger partial charge is 0.251 e. The van der Waals surface area contributed by atoms with Crippen molar-refractivity contribution in [1.82, 2.24) is 10.0 Å². The average molecular weight is 356 g/mol. The van der Waals surface area contributed by atoms with E-state index < -0.39 is 10.0 Å². The molecule has 0 aliphatic carbocycles. The first kappa shape index (κ1) is 20.6. The van der Waals surface area contributed by atoms with Gasteiger partial charge in [0.05, 0.1) is 11.5 Å². The van der Waals surface area contributed by atoms with E-state index in [1.807, 2.05) is 6.92 Å². The van der Waals surface area contributed by atoms with Crippen molar-refractivity contribution >= 4 is 15.9 Å². The van der Waals surface area contributed by atoms with Crippen molar-refractivity contribution in [3.63, 3.8) is 0 Å². The molecule has 24 heavy (non-hydrogen) atoms. The van der Waals surface area contributed by atoms with Crippen molar-refractivity contribution < 1.29 is 17.9 Å². The lowest BCUT2D eigenvalue weighted by molar-refractivity contribution is 0.0937. The number of methoxy groups -OCH3 is 1. The van der Waals surface area contributed by atoms with Crippen molar-refractivity contribution in [3.8, 4) is 0 Å². The monoisotopic (exact) mass is 356 g/mol. The minimum Gasteiger partial charge on any atom is -0.383 e. The van der Waals surface area contributed by atoms with Gasteiger partial charge >= 0.3 is 0 Å². The van der Waals surface area contributed by atoms with Gasteiger partial charge in [0.15, 0.2) is 0 Å². The number of carbonyl (C=O) groups excluding carboxylic acids is 1. The van der Waals surface area contributed by atoms with Crippen LogP contribution in [-0.4, -0.2) is 40.6 Å². The van der Waals surface area contributed by atoms with Crippen LogP contribution in [0.1, 0.15) is 44.0 Å². The number of amides is 1. The standard InChI is InChI=1S/C17H28N2O4S/c1-13(2)5-6-14(3)19-17(20)15-7-9-16(10-8-15)24(21,22)18-11-12-23-4/h7-10,13-14,18H,5-6,11-12H2,1-4H3,(H,19,20). The van der Waals surface area contributed by atoms with Gasteiger partial charge in [-0.25, -0.2) is 13.1 Å². The molecule has 1 rings (SSSR count). The molecule has 1 unspecified atom stereocenters. The molecule has 7 heteroatoms. The van der Waals surface area contributed by atoms with E-state index in [-0.39, 0.29) is 23.4 Å². The molecule has 2 N–H and O–H groups in total. The van der Waals surface area contributed by atoms with E-state index in [2.05, 4.69) is 23.9 Å². The zero-order chi connectivity index (χ0) is 18.2. The number of hydrogen-bond donors (Lipinski definition) is 2. The van der Waals surface area contributed by atoms with Gasteiger partial charge in [0.2, 0.25) is 10.0 Å². The number of ether oxygens (including phenoxy) is 1. The minimum absolute atomic E-state index is 0.0824. The first-order chi connectivity index (χ1) is 11.3. The summed E-state index contributed by atoms with van der Waals surface area (Å²) >= 11 is 0. The Labute approximate surface area is 145 Å². The van der Waals surface area contributed by atoms with Crippen LogP contribution in [0.4, 0.5) is 0 Å². The molecule has 0 aromatic heterocycles. The Balaban J connectivity index is 2.64. The number of hydrogen-bond acceptors (Lipinski definition) is 4. The average Bonchev–Trinajstić information content (AvgIpc) is 2.53. The van der Waals surface area contributed by atoms with Crippen molar-refractivity contribution in [2.45, 2.75) is 44.6 Å². The molecule has 0 spiro atoms. The van der Waals surface area contributed by atoms with Gasteiger partial charge in [-0.05, 0) is 49.9 Å². The molecule has 6 nitrogen and oxygen atoms in total. The van der Waals surface area contributed by atoms with Gasteiger partial charge in [0.25, 0.3) is 5.91 Å². The van der Waals surface area contributed by atoms with Gasteiger partial charge in [-0.3, -0.25) is 4.79 Å². The summed E-state index contributed by atoms with van der Waals surface area (Å²) in [5.41, 5.74) is 0.447. The van der Waals surface area contributed by atoms with E-state index in [1.54, 1.807) is 0 Å². The van der Waals surface area contributed by atoms with Crippen LogP contribution in [0.2, 0.25) is 0 Å². The first-order valence-corrected chi connectivity index (χ1v) is 9.64. The summed E-state index contributed by atoms with van der Waals surface area (Å²) in [7, 11) is -2.07. The predicted molar refractivity (Wildman–Crippen MR) is 94.5 cm³/mol. The molecule has 0 saturated carbocycles. The number of carbonyl (C=O) groups is 1. The summed E-state index contributed by atoms with van der Waals surface area (Å²) in [4.78, 5) is 12.3. The third-order valence-electron chi connectivity index (χ3n) is 3.58. The number of sulfonamides is 1. The first-order valence-electron chi connectivity index (χ1n) is 8.15. The van der Waals surface area contributed by atoms with Crippen LogP contribution in [0.25, 0.3) is 0 Å². The van der Waals surface area contributed by atoms with E-state index in [0.29, 0.717) is 18.1 Å². The fourth-order valence-electron chi connectivity index (χ4n) is 2.11. The Bertz CT molecular complexity index is 612. The molecular weight excluding hydrogens is 328 g/mol. The van der Waals surface area contributed by atoms with E-state index in [1.165, 1.54) is 31.4 Å². The molecule has 0 aliphatic rings. The molecule has 1 aromatic carbocycles. The van der Waals surface area contributed by atoms with Crippen molar-refractivity contribution in [3.05, 3.63) is 29.8 Å². The van der Waals surface area contributed by atoms with E-state index in [9.17, 15) is 13.2 Å². The molecule has 0 fully saturated rings. The highest BCUT2D eigenvalue weighted by Crippen LogP contribution is 2.11. The molecule has 0 heterocycles. The molecular formula is C17H28N2O4S. The van der Waals surface area contributed by atoms with Gasteiger partial charge in [-0.1, -0.05) is 13.8 Å².